The maximum absolute atomic E-state index is 10.9. The van der Waals surface area contributed by atoms with Gasteiger partial charge in [0.1, 0.15) is 12.5 Å². The molecule has 1 aliphatic rings. The van der Waals surface area contributed by atoms with Crippen molar-refractivity contribution in [3.63, 3.8) is 0 Å². The van der Waals surface area contributed by atoms with Gasteiger partial charge in [0.15, 0.2) is 0 Å². The van der Waals surface area contributed by atoms with E-state index in [4.69, 9.17) is 26.2 Å². The number of halogens is 1. The third kappa shape index (κ3) is 7.01. The van der Waals surface area contributed by atoms with Crippen molar-refractivity contribution in [3.05, 3.63) is 28.3 Å². The highest BCUT2D eigenvalue weighted by molar-refractivity contribution is 6.30. The molecule has 1 aromatic carbocycles. The minimum atomic E-state index is -0.776. The fraction of sp³-hybridized carbons (Fsp3) is 0.529. The van der Waals surface area contributed by atoms with Crippen LogP contribution in [0.3, 0.4) is 0 Å². The number of benzene rings is 1. The van der Waals surface area contributed by atoms with E-state index >= 15 is 0 Å². The molecule has 0 aliphatic carbocycles. The number of hydrogen-bond acceptors (Lipinski definition) is 4. The first-order chi connectivity index (χ1) is 10.9. The van der Waals surface area contributed by atoms with Crippen LogP contribution in [-0.4, -0.2) is 31.5 Å². The van der Waals surface area contributed by atoms with Gasteiger partial charge in [-0.15, -0.1) is 0 Å². The summed E-state index contributed by atoms with van der Waals surface area (Å²) in [5, 5.41) is 9.66. The first-order valence-electron chi connectivity index (χ1n) is 7.40. The molecule has 0 unspecified atom stereocenters. The van der Waals surface area contributed by atoms with Gasteiger partial charge in [0.2, 0.25) is 0 Å². The van der Waals surface area contributed by atoms with Gasteiger partial charge in [0, 0.05) is 5.02 Å². The van der Waals surface area contributed by atoms with E-state index in [1.807, 2.05) is 32.8 Å². The number of carboxylic acids is 1. The van der Waals surface area contributed by atoms with Crippen molar-refractivity contribution in [1.82, 2.24) is 0 Å². The van der Waals surface area contributed by atoms with Gasteiger partial charge in [-0.2, -0.15) is 0 Å². The summed E-state index contributed by atoms with van der Waals surface area (Å²) in [4.78, 5) is 18.9. The van der Waals surface area contributed by atoms with Gasteiger partial charge in [0.05, 0.1) is 13.0 Å². The Hall–Kier alpha value is -1.59. The summed E-state index contributed by atoms with van der Waals surface area (Å²) in [5.74, 6) is 0.135. The molecule has 0 atom stereocenters. The number of carboxylic acid groups (broad SMARTS) is 1. The Morgan fingerprint density at radius 2 is 2.00 bits per heavy atom. The van der Waals surface area contributed by atoms with Crippen LogP contribution in [0.5, 0.6) is 5.75 Å². The van der Waals surface area contributed by atoms with E-state index < -0.39 is 5.97 Å². The van der Waals surface area contributed by atoms with Gasteiger partial charge >= 0.3 is 5.97 Å². The number of ether oxygens (including phenoxy) is 1. The van der Waals surface area contributed by atoms with E-state index in [2.05, 4.69) is 5.73 Å². The van der Waals surface area contributed by atoms with Gasteiger partial charge in [-0.1, -0.05) is 25.4 Å². The van der Waals surface area contributed by atoms with Crippen molar-refractivity contribution < 1.29 is 19.4 Å². The van der Waals surface area contributed by atoms with Crippen LogP contribution in [0.1, 0.15) is 37.8 Å². The molecule has 3 N–H and O–H groups in total. The standard InChI is InChI=1S/C15H19ClO3.CH5N.CH2O/c1-15(2,9-13(17)18)8-11-7-12(16)6-10-4-3-5-19-14(10)11;2*1-2/h6-7H,3-5,8-9H2,1-2H3,(H,17,18);2H2,1H3;1H2. The molecule has 5 nitrogen and oxygen atoms in total. The first kappa shape index (κ1) is 21.4. The molecule has 0 aromatic heterocycles. The highest BCUT2D eigenvalue weighted by Crippen LogP contribution is 2.37. The van der Waals surface area contributed by atoms with E-state index in [9.17, 15) is 4.79 Å². The fourth-order valence-electron chi connectivity index (χ4n) is 2.64. The van der Waals surface area contributed by atoms with Crippen molar-refractivity contribution in [2.24, 2.45) is 11.1 Å². The maximum atomic E-state index is 10.9. The van der Waals surface area contributed by atoms with Gasteiger partial charge in [-0.3, -0.25) is 4.79 Å². The second kappa shape index (κ2) is 10.2. The molecule has 0 fully saturated rings. The third-order valence-corrected chi connectivity index (χ3v) is 3.56. The normalized spacial score (nSPS) is 12.6. The van der Waals surface area contributed by atoms with Crippen molar-refractivity contribution in [1.29, 1.82) is 0 Å². The average molecular weight is 344 g/mol. The van der Waals surface area contributed by atoms with Gasteiger partial charge in [0.25, 0.3) is 0 Å². The van der Waals surface area contributed by atoms with Crippen LogP contribution in [0.25, 0.3) is 0 Å². The second-order valence-corrected chi connectivity index (χ2v) is 6.35. The summed E-state index contributed by atoms with van der Waals surface area (Å²) in [6.07, 6.45) is 2.77. The molecule has 6 heteroatoms. The predicted octanol–water partition coefficient (Wildman–Crippen LogP) is 3.10. The monoisotopic (exact) mass is 343 g/mol. The smallest absolute Gasteiger partial charge is 0.303 e. The van der Waals surface area contributed by atoms with E-state index in [0.29, 0.717) is 11.4 Å². The molecule has 0 radical (unpaired) electrons. The van der Waals surface area contributed by atoms with Crippen molar-refractivity contribution in [2.75, 3.05) is 13.7 Å². The minimum Gasteiger partial charge on any atom is -0.493 e. The maximum Gasteiger partial charge on any atom is 0.303 e. The average Bonchev–Trinajstić information content (AvgIpc) is 2.49. The van der Waals surface area contributed by atoms with Crippen LogP contribution in [-0.2, 0) is 22.4 Å². The van der Waals surface area contributed by atoms with Crippen LogP contribution < -0.4 is 10.5 Å². The Labute approximate surface area is 142 Å². The zero-order chi connectivity index (χ0) is 18.0. The molecule has 1 aliphatic heterocycles. The summed E-state index contributed by atoms with van der Waals surface area (Å²) in [6.45, 7) is 6.63. The van der Waals surface area contributed by atoms with Gasteiger partial charge in [-0.25, -0.2) is 0 Å². The first-order valence-corrected chi connectivity index (χ1v) is 7.78. The van der Waals surface area contributed by atoms with Crippen molar-refractivity contribution in [2.45, 2.75) is 39.5 Å². The molecule has 130 valence electrons. The van der Waals surface area contributed by atoms with Gasteiger partial charge in [-0.05, 0) is 55.0 Å². The molecule has 1 heterocycles. The molecule has 0 bridgehead atoms. The number of hydrogen-bond donors (Lipinski definition) is 2. The summed E-state index contributed by atoms with van der Waals surface area (Å²) >= 11 is 6.14. The van der Waals surface area contributed by atoms with Crippen LogP contribution in [0, 0.1) is 5.41 Å². The summed E-state index contributed by atoms with van der Waals surface area (Å²) < 4.78 is 5.75. The number of aliphatic carboxylic acids is 1. The summed E-state index contributed by atoms with van der Waals surface area (Å²) in [5.41, 5.74) is 6.35. The highest BCUT2D eigenvalue weighted by atomic mass is 35.5. The van der Waals surface area contributed by atoms with E-state index in [0.717, 1.165) is 36.3 Å². The fourth-order valence-corrected chi connectivity index (χ4v) is 2.90. The lowest BCUT2D eigenvalue weighted by molar-refractivity contribution is -0.139. The molecule has 1 aromatic rings. The molecule has 2 rings (SSSR count). The van der Waals surface area contributed by atoms with Crippen LogP contribution in [0.4, 0.5) is 0 Å². The summed E-state index contributed by atoms with van der Waals surface area (Å²) in [7, 11) is 1.50. The Morgan fingerprint density at radius 1 is 1.39 bits per heavy atom. The molecule has 0 amide bonds. The van der Waals surface area contributed by atoms with E-state index in [1.54, 1.807) is 0 Å². The van der Waals surface area contributed by atoms with Crippen LogP contribution >= 0.6 is 11.6 Å². The SMILES string of the molecule is C=O.CC(C)(CC(=O)O)Cc1cc(Cl)cc2c1OCCC2.CN. The molecule has 0 saturated heterocycles. The Morgan fingerprint density at radius 3 is 2.57 bits per heavy atom. The number of fused-ring (bicyclic) bond motifs is 1. The highest BCUT2D eigenvalue weighted by Gasteiger charge is 2.26. The number of carbonyl (C=O) groups is 2. The summed E-state index contributed by atoms with van der Waals surface area (Å²) in [6, 6.07) is 3.85. The topological polar surface area (TPSA) is 89.6 Å². The Bertz CT molecular complexity index is 518. The van der Waals surface area contributed by atoms with Gasteiger partial charge < -0.3 is 20.4 Å². The Balaban J connectivity index is 0.00000112. The van der Waals surface area contributed by atoms with E-state index in [-0.39, 0.29) is 11.8 Å². The lowest BCUT2D eigenvalue weighted by atomic mass is 9.81. The molecule has 23 heavy (non-hydrogen) atoms. The number of aryl methyl sites for hydroxylation is 1. The molecular weight excluding hydrogens is 318 g/mol. The second-order valence-electron chi connectivity index (χ2n) is 5.92. The number of carbonyl (C=O) groups excluding carboxylic acids is 1. The molecular formula is C17H26ClNO4. The Kier molecular flexibility index (Phi) is 9.53. The molecule has 0 spiro atoms. The third-order valence-electron chi connectivity index (χ3n) is 3.34. The lowest BCUT2D eigenvalue weighted by Crippen LogP contribution is -2.21. The quantitative estimate of drug-likeness (QED) is 0.876. The predicted molar refractivity (Wildman–Crippen MR) is 92.2 cm³/mol. The van der Waals surface area contributed by atoms with Crippen molar-refractivity contribution in [3.8, 4) is 5.75 Å². The zero-order valence-electron chi connectivity index (χ0n) is 14.0. The largest absolute Gasteiger partial charge is 0.493 e. The van der Waals surface area contributed by atoms with Crippen molar-refractivity contribution >= 4 is 24.4 Å². The lowest BCUT2D eigenvalue weighted by Gasteiger charge is -2.27. The minimum absolute atomic E-state index is 0.133. The van der Waals surface area contributed by atoms with Crippen LogP contribution in [0.2, 0.25) is 5.02 Å². The van der Waals surface area contributed by atoms with E-state index in [1.165, 1.54) is 7.05 Å². The number of rotatable bonds is 4. The zero-order valence-corrected chi connectivity index (χ0v) is 14.8. The molecule has 0 saturated carbocycles. The van der Waals surface area contributed by atoms with Crippen LogP contribution in [0.15, 0.2) is 12.1 Å². The number of nitrogens with two attached hydrogens (primary N) is 1.